The molecule has 0 heterocycles. The third-order valence-electron chi connectivity index (χ3n) is 6.93. The number of nitriles is 1. The van der Waals surface area contributed by atoms with Crippen LogP contribution in [-0.4, -0.2) is 5.97 Å². The maximum atomic E-state index is 14.9. The molecule has 2 aromatic carbocycles. The zero-order valence-electron chi connectivity index (χ0n) is 17.3. The summed E-state index contributed by atoms with van der Waals surface area (Å²) in [6.07, 6.45) is 8.66. The second-order valence-corrected chi connectivity index (χ2v) is 8.72. The Bertz CT molecular complexity index is 1040. The summed E-state index contributed by atoms with van der Waals surface area (Å²) in [4.78, 5) is 12.4. The predicted octanol–water partition coefficient (Wildman–Crippen LogP) is 6.54. The van der Waals surface area contributed by atoms with Gasteiger partial charge in [-0.05, 0) is 92.0 Å². The smallest absolute Gasteiger partial charge is 0.343 e. The minimum atomic E-state index is -0.771. The largest absolute Gasteiger partial charge is 0.423 e. The van der Waals surface area contributed by atoms with E-state index in [0.29, 0.717) is 23.3 Å². The number of carbonyl (C=O) groups excluding carboxylic acids is 1. The molecule has 0 radical (unpaired) electrons. The number of allylic oxidation sites excluding steroid dienone is 1. The van der Waals surface area contributed by atoms with Gasteiger partial charge in [0.1, 0.15) is 23.5 Å². The molecule has 2 aliphatic rings. The van der Waals surface area contributed by atoms with E-state index in [-0.39, 0.29) is 22.8 Å². The molecular weight excluding hydrogens is 396 g/mol. The van der Waals surface area contributed by atoms with Gasteiger partial charge in [-0.15, -0.1) is 6.58 Å². The van der Waals surface area contributed by atoms with E-state index in [9.17, 15) is 13.6 Å². The molecule has 31 heavy (non-hydrogen) atoms. The first-order valence-corrected chi connectivity index (χ1v) is 10.8. The molecule has 2 saturated carbocycles. The van der Waals surface area contributed by atoms with Crippen molar-refractivity contribution >= 4 is 5.97 Å². The number of hydrogen-bond donors (Lipinski definition) is 0. The molecule has 3 nitrogen and oxygen atoms in total. The van der Waals surface area contributed by atoms with Crippen molar-refractivity contribution in [2.75, 3.05) is 0 Å². The summed E-state index contributed by atoms with van der Waals surface area (Å²) < 4.78 is 33.8. The molecule has 0 amide bonds. The van der Waals surface area contributed by atoms with Crippen molar-refractivity contribution in [2.24, 2.45) is 17.8 Å². The highest BCUT2D eigenvalue weighted by molar-refractivity contribution is 5.91. The zero-order valence-corrected chi connectivity index (χ0v) is 17.3. The van der Waals surface area contributed by atoms with Crippen LogP contribution < -0.4 is 4.74 Å². The number of halogens is 2. The number of fused-ring (bicyclic) bond motifs is 1. The van der Waals surface area contributed by atoms with Gasteiger partial charge < -0.3 is 4.74 Å². The van der Waals surface area contributed by atoms with Crippen LogP contribution in [0.5, 0.6) is 5.75 Å². The third-order valence-corrected chi connectivity index (χ3v) is 6.93. The van der Waals surface area contributed by atoms with Crippen LogP contribution in [0.1, 0.15) is 65.9 Å². The Kier molecular flexibility index (Phi) is 6.18. The molecular formula is C26H25F2NO2. The summed E-state index contributed by atoms with van der Waals surface area (Å²) in [7, 11) is 0. The molecule has 0 N–H and O–H groups in total. The normalized spacial score (nSPS) is 25.2. The molecule has 0 aromatic heterocycles. The SMILES string of the molecule is C=CC1CCC2CC(c3ccc(C(=O)Oc4ccc(C#N)c(F)c4)cc3F)CCC2C1. The zero-order chi connectivity index (χ0) is 22.0. The van der Waals surface area contributed by atoms with Gasteiger partial charge in [0.2, 0.25) is 0 Å². The third kappa shape index (κ3) is 4.54. The first-order valence-electron chi connectivity index (χ1n) is 10.8. The van der Waals surface area contributed by atoms with E-state index in [4.69, 9.17) is 10.00 Å². The molecule has 2 aromatic rings. The Morgan fingerprint density at radius 3 is 2.52 bits per heavy atom. The molecule has 4 unspecified atom stereocenters. The average molecular weight is 421 g/mol. The second kappa shape index (κ2) is 9.01. The Hall–Kier alpha value is -3.00. The van der Waals surface area contributed by atoms with Gasteiger partial charge in [0.15, 0.2) is 0 Å². The van der Waals surface area contributed by atoms with E-state index in [2.05, 4.69) is 12.7 Å². The fourth-order valence-corrected chi connectivity index (χ4v) is 5.22. The van der Waals surface area contributed by atoms with Gasteiger partial charge in [-0.3, -0.25) is 0 Å². The van der Waals surface area contributed by atoms with Gasteiger partial charge in [-0.1, -0.05) is 12.1 Å². The van der Waals surface area contributed by atoms with Crippen molar-refractivity contribution in [1.82, 2.24) is 0 Å². The summed E-state index contributed by atoms with van der Waals surface area (Å²) in [6.45, 7) is 3.94. The van der Waals surface area contributed by atoms with Gasteiger partial charge in [0, 0.05) is 6.07 Å². The number of carbonyl (C=O) groups is 1. The monoisotopic (exact) mass is 421 g/mol. The summed E-state index contributed by atoms with van der Waals surface area (Å²) in [5.74, 6) is 0.156. The lowest BCUT2D eigenvalue weighted by molar-refractivity contribution is 0.0733. The van der Waals surface area contributed by atoms with Crippen LogP contribution in [0, 0.1) is 40.7 Å². The minimum Gasteiger partial charge on any atom is -0.423 e. The van der Waals surface area contributed by atoms with Crippen LogP contribution in [-0.2, 0) is 0 Å². The number of nitrogens with zero attached hydrogens (tertiary/aromatic N) is 1. The molecule has 160 valence electrons. The van der Waals surface area contributed by atoms with Crippen molar-refractivity contribution in [2.45, 2.75) is 44.4 Å². The highest BCUT2D eigenvalue weighted by Crippen LogP contribution is 2.48. The van der Waals surface area contributed by atoms with Gasteiger partial charge in [-0.25, -0.2) is 13.6 Å². The molecule has 0 saturated heterocycles. The van der Waals surface area contributed by atoms with Gasteiger partial charge in [0.05, 0.1) is 11.1 Å². The van der Waals surface area contributed by atoms with Crippen LogP contribution in [0.15, 0.2) is 49.1 Å². The average Bonchev–Trinajstić information content (AvgIpc) is 2.78. The van der Waals surface area contributed by atoms with Crippen LogP contribution in [0.3, 0.4) is 0 Å². The first-order chi connectivity index (χ1) is 15.0. The maximum absolute atomic E-state index is 14.9. The van der Waals surface area contributed by atoms with Crippen molar-refractivity contribution in [1.29, 1.82) is 5.26 Å². The standard InChI is InChI=1S/C26H25F2NO2/c1-2-16-3-4-18-12-19(6-5-17(18)11-16)23-10-8-20(13-25(23)28)26(30)31-22-9-7-21(15-29)24(27)14-22/h2,7-10,13-14,16-19H,1,3-6,11-12H2. The van der Waals surface area contributed by atoms with E-state index in [0.717, 1.165) is 25.3 Å². The summed E-state index contributed by atoms with van der Waals surface area (Å²) >= 11 is 0. The molecule has 4 rings (SSSR count). The Morgan fingerprint density at radius 2 is 1.81 bits per heavy atom. The summed E-state index contributed by atoms with van der Waals surface area (Å²) in [5.41, 5.74) is 0.597. The topological polar surface area (TPSA) is 50.1 Å². The van der Waals surface area contributed by atoms with Crippen molar-refractivity contribution in [3.05, 3.63) is 77.4 Å². The van der Waals surface area contributed by atoms with Crippen LogP contribution in [0.2, 0.25) is 0 Å². The first kappa shape index (κ1) is 21.2. The van der Waals surface area contributed by atoms with Crippen molar-refractivity contribution in [3.63, 3.8) is 0 Å². The predicted molar refractivity (Wildman–Crippen MR) is 114 cm³/mol. The van der Waals surface area contributed by atoms with Crippen LogP contribution >= 0.6 is 0 Å². The Morgan fingerprint density at radius 1 is 1.03 bits per heavy atom. The fourth-order valence-electron chi connectivity index (χ4n) is 5.22. The molecule has 4 atom stereocenters. The van der Waals surface area contributed by atoms with E-state index in [1.807, 2.05) is 0 Å². The molecule has 0 aliphatic heterocycles. The van der Waals surface area contributed by atoms with Gasteiger partial charge in [-0.2, -0.15) is 5.26 Å². The number of rotatable bonds is 4. The molecule has 0 bridgehead atoms. The molecule has 2 fully saturated rings. The molecule has 0 spiro atoms. The lowest BCUT2D eigenvalue weighted by Crippen LogP contribution is -2.30. The maximum Gasteiger partial charge on any atom is 0.343 e. The number of benzene rings is 2. The number of ether oxygens (including phenoxy) is 1. The Labute approximate surface area is 181 Å². The van der Waals surface area contributed by atoms with Crippen molar-refractivity contribution in [3.8, 4) is 11.8 Å². The number of hydrogen-bond acceptors (Lipinski definition) is 3. The van der Waals surface area contributed by atoms with Crippen LogP contribution in [0.4, 0.5) is 8.78 Å². The van der Waals surface area contributed by atoms with E-state index >= 15 is 0 Å². The lowest BCUT2D eigenvalue weighted by atomic mass is 9.64. The highest BCUT2D eigenvalue weighted by atomic mass is 19.1. The highest BCUT2D eigenvalue weighted by Gasteiger charge is 2.36. The van der Waals surface area contributed by atoms with Gasteiger partial charge in [0.25, 0.3) is 0 Å². The fraction of sp³-hybridized carbons (Fsp3) is 0.385. The minimum absolute atomic E-state index is 0.0283. The summed E-state index contributed by atoms with van der Waals surface area (Å²) in [5, 5.41) is 8.78. The van der Waals surface area contributed by atoms with Crippen LogP contribution in [0.25, 0.3) is 0 Å². The van der Waals surface area contributed by atoms with E-state index < -0.39 is 17.6 Å². The second-order valence-electron chi connectivity index (χ2n) is 8.72. The molecule has 5 heteroatoms. The quantitative estimate of drug-likeness (QED) is 0.320. The molecule has 2 aliphatic carbocycles. The van der Waals surface area contributed by atoms with E-state index in [1.165, 1.54) is 37.5 Å². The van der Waals surface area contributed by atoms with Crippen molar-refractivity contribution < 1.29 is 18.3 Å². The lowest BCUT2D eigenvalue weighted by Gasteiger charge is -2.41. The van der Waals surface area contributed by atoms with E-state index in [1.54, 1.807) is 18.2 Å². The van der Waals surface area contributed by atoms with Gasteiger partial charge >= 0.3 is 5.97 Å². The summed E-state index contributed by atoms with van der Waals surface area (Å²) in [6, 6.07) is 9.72. The number of esters is 1. The Balaban J connectivity index is 1.43.